The lowest BCUT2D eigenvalue weighted by molar-refractivity contribution is 0.138. The van der Waals surface area contributed by atoms with Gasteiger partial charge in [-0.25, -0.2) is 4.39 Å². The predicted molar refractivity (Wildman–Crippen MR) is 114 cm³/mol. The summed E-state index contributed by atoms with van der Waals surface area (Å²) in [6.45, 7) is 2.75. The third-order valence-electron chi connectivity index (χ3n) is 4.81. The Balaban J connectivity index is 0.00000338. The monoisotopic (exact) mass is 479 g/mol. The SMILES string of the molecule is CN=C(NCCOc1cccc(F)c1)NCC1(CCOC)CCCC1.I. The first-order chi connectivity index (χ1) is 12.2. The van der Waals surface area contributed by atoms with Crippen LogP contribution in [0.2, 0.25) is 0 Å². The van der Waals surface area contributed by atoms with Gasteiger partial charge in [0.2, 0.25) is 0 Å². The first kappa shape index (κ1) is 23.0. The molecule has 0 atom stereocenters. The zero-order valence-corrected chi connectivity index (χ0v) is 18.1. The summed E-state index contributed by atoms with van der Waals surface area (Å²) in [5, 5.41) is 6.68. The maximum absolute atomic E-state index is 13.1. The van der Waals surface area contributed by atoms with E-state index in [2.05, 4.69) is 15.6 Å². The smallest absolute Gasteiger partial charge is 0.191 e. The second-order valence-corrected chi connectivity index (χ2v) is 6.61. The fourth-order valence-corrected chi connectivity index (χ4v) is 3.35. The Morgan fingerprint density at radius 1 is 1.23 bits per heavy atom. The van der Waals surface area contributed by atoms with Crippen LogP contribution < -0.4 is 15.4 Å². The number of halogens is 2. The van der Waals surface area contributed by atoms with Gasteiger partial charge in [0, 0.05) is 33.4 Å². The van der Waals surface area contributed by atoms with Gasteiger partial charge < -0.3 is 20.1 Å². The van der Waals surface area contributed by atoms with E-state index in [9.17, 15) is 4.39 Å². The third-order valence-corrected chi connectivity index (χ3v) is 4.81. The van der Waals surface area contributed by atoms with Gasteiger partial charge in [-0.1, -0.05) is 18.9 Å². The van der Waals surface area contributed by atoms with Crippen molar-refractivity contribution in [1.29, 1.82) is 0 Å². The van der Waals surface area contributed by atoms with Crippen molar-refractivity contribution in [3.63, 3.8) is 0 Å². The van der Waals surface area contributed by atoms with E-state index in [-0.39, 0.29) is 29.8 Å². The minimum atomic E-state index is -0.291. The van der Waals surface area contributed by atoms with Crippen molar-refractivity contribution in [2.24, 2.45) is 10.4 Å². The Bertz CT molecular complexity index is 551. The van der Waals surface area contributed by atoms with E-state index in [0.29, 0.717) is 24.3 Å². The van der Waals surface area contributed by atoms with Crippen molar-refractivity contribution >= 4 is 29.9 Å². The van der Waals surface area contributed by atoms with Crippen LogP contribution in [0.5, 0.6) is 5.75 Å². The highest BCUT2D eigenvalue weighted by Gasteiger charge is 2.33. The van der Waals surface area contributed by atoms with Crippen molar-refractivity contribution in [2.75, 3.05) is 40.5 Å². The second-order valence-electron chi connectivity index (χ2n) is 6.61. The van der Waals surface area contributed by atoms with Gasteiger partial charge in [-0.3, -0.25) is 4.99 Å². The maximum Gasteiger partial charge on any atom is 0.191 e. The normalized spacial score (nSPS) is 16.0. The first-order valence-corrected chi connectivity index (χ1v) is 8.99. The molecule has 0 amide bonds. The molecule has 1 aliphatic carbocycles. The lowest BCUT2D eigenvalue weighted by Crippen LogP contribution is -2.44. The summed E-state index contributed by atoms with van der Waals surface area (Å²) < 4.78 is 23.9. The fourth-order valence-electron chi connectivity index (χ4n) is 3.35. The molecular formula is C19H31FIN3O2. The van der Waals surface area contributed by atoms with Gasteiger partial charge in [0.25, 0.3) is 0 Å². The highest BCUT2D eigenvalue weighted by molar-refractivity contribution is 14.0. The molecule has 0 heterocycles. The summed E-state index contributed by atoms with van der Waals surface area (Å²) in [6.07, 6.45) is 6.14. The van der Waals surface area contributed by atoms with Gasteiger partial charge in [0.1, 0.15) is 18.2 Å². The molecule has 1 aliphatic rings. The Morgan fingerprint density at radius 3 is 2.65 bits per heavy atom. The fraction of sp³-hybridized carbons (Fsp3) is 0.632. The van der Waals surface area contributed by atoms with Crippen LogP contribution in [-0.4, -0.2) is 46.4 Å². The van der Waals surface area contributed by atoms with Crippen LogP contribution >= 0.6 is 24.0 Å². The first-order valence-electron chi connectivity index (χ1n) is 8.99. The van der Waals surface area contributed by atoms with E-state index >= 15 is 0 Å². The predicted octanol–water partition coefficient (Wildman–Crippen LogP) is 3.58. The molecule has 0 bridgehead atoms. The van der Waals surface area contributed by atoms with E-state index in [0.717, 1.165) is 25.5 Å². The molecule has 1 fully saturated rings. The number of ether oxygens (including phenoxy) is 2. The molecule has 148 valence electrons. The van der Waals surface area contributed by atoms with Crippen LogP contribution in [0.15, 0.2) is 29.3 Å². The molecule has 0 spiro atoms. The van der Waals surface area contributed by atoms with Crippen molar-refractivity contribution in [2.45, 2.75) is 32.1 Å². The number of methoxy groups -OCH3 is 1. The van der Waals surface area contributed by atoms with Crippen molar-refractivity contribution in [1.82, 2.24) is 10.6 Å². The summed E-state index contributed by atoms with van der Waals surface area (Å²) in [5.41, 5.74) is 0.311. The topological polar surface area (TPSA) is 54.9 Å². The molecule has 1 saturated carbocycles. The van der Waals surface area contributed by atoms with Gasteiger partial charge in [-0.15, -0.1) is 24.0 Å². The molecule has 2 N–H and O–H groups in total. The van der Waals surface area contributed by atoms with Crippen LogP contribution in [0, 0.1) is 11.2 Å². The molecular weight excluding hydrogens is 448 g/mol. The minimum absolute atomic E-state index is 0. The summed E-state index contributed by atoms with van der Waals surface area (Å²) in [7, 11) is 3.52. The number of hydrogen-bond donors (Lipinski definition) is 2. The van der Waals surface area contributed by atoms with E-state index in [1.807, 2.05) is 0 Å². The van der Waals surface area contributed by atoms with Gasteiger partial charge in [0.15, 0.2) is 5.96 Å². The number of benzene rings is 1. The Hall–Kier alpha value is -1.09. The number of nitrogens with one attached hydrogen (secondary N) is 2. The van der Waals surface area contributed by atoms with E-state index < -0.39 is 0 Å². The number of aliphatic imine (C=N–C) groups is 1. The number of rotatable bonds is 9. The molecule has 0 saturated heterocycles. The zero-order valence-electron chi connectivity index (χ0n) is 15.7. The Morgan fingerprint density at radius 2 is 2.00 bits per heavy atom. The molecule has 1 aromatic rings. The van der Waals surface area contributed by atoms with E-state index in [1.54, 1.807) is 26.3 Å². The van der Waals surface area contributed by atoms with Crippen molar-refractivity contribution in [3.8, 4) is 5.75 Å². The molecule has 5 nitrogen and oxygen atoms in total. The number of hydrogen-bond acceptors (Lipinski definition) is 3. The molecule has 0 unspecified atom stereocenters. The lowest BCUT2D eigenvalue weighted by atomic mass is 9.83. The molecule has 0 aromatic heterocycles. The van der Waals surface area contributed by atoms with Crippen LogP contribution in [0.4, 0.5) is 4.39 Å². The third kappa shape index (κ3) is 7.65. The quantitative estimate of drug-likeness (QED) is 0.246. The summed E-state index contributed by atoms with van der Waals surface area (Å²) in [4.78, 5) is 4.27. The molecule has 26 heavy (non-hydrogen) atoms. The zero-order chi connectivity index (χ0) is 18.0. The molecule has 7 heteroatoms. The van der Waals surface area contributed by atoms with Gasteiger partial charge in [0.05, 0.1) is 6.54 Å². The molecule has 0 aliphatic heterocycles. The maximum atomic E-state index is 13.1. The van der Waals surface area contributed by atoms with Crippen molar-refractivity contribution < 1.29 is 13.9 Å². The second kappa shape index (κ2) is 12.3. The Labute approximate surface area is 173 Å². The Kier molecular flexibility index (Phi) is 10.9. The van der Waals surface area contributed by atoms with Crippen LogP contribution in [-0.2, 0) is 4.74 Å². The van der Waals surface area contributed by atoms with E-state index in [1.165, 1.54) is 37.8 Å². The molecule has 2 rings (SSSR count). The highest BCUT2D eigenvalue weighted by atomic mass is 127. The summed E-state index contributed by atoms with van der Waals surface area (Å²) in [6, 6.07) is 6.17. The molecule has 1 aromatic carbocycles. The average molecular weight is 479 g/mol. The lowest BCUT2D eigenvalue weighted by Gasteiger charge is -2.29. The van der Waals surface area contributed by atoms with Crippen LogP contribution in [0.25, 0.3) is 0 Å². The molecule has 0 radical (unpaired) electrons. The average Bonchev–Trinajstić information content (AvgIpc) is 3.09. The van der Waals surface area contributed by atoms with Gasteiger partial charge in [-0.05, 0) is 36.8 Å². The van der Waals surface area contributed by atoms with Crippen LogP contribution in [0.1, 0.15) is 32.1 Å². The number of guanidine groups is 1. The van der Waals surface area contributed by atoms with Gasteiger partial charge in [-0.2, -0.15) is 0 Å². The van der Waals surface area contributed by atoms with Gasteiger partial charge >= 0.3 is 0 Å². The summed E-state index contributed by atoms with van der Waals surface area (Å²) in [5.74, 6) is 1.02. The highest BCUT2D eigenvalue weighted by Crippen LogP contribution is 2.40. The number of nitrogens with zero attached hydrogens (tertiary/aromatic N) is 1. The van der Waals surface area contributed by atoms with E-state index in [4.69, 9.17) is 9.47 Å². The largest absolute Gasteiger partial charge is 0.492 e. The van der Waals surface area contributed by atoms with Crippen LogP contribution in [0.3, 0.4) is 0 Å². The minimum Gasteiger partial charge on any atom is -0.492 e. The standard InChI is InChI=1S/C19H30FN3O2.HI/c1-21-18(22-11-13-25-17-7-5-6-16(20)14-17)23-15-19(10-12-24-2)8-3-4-9-19;/h5-7,14H,3-4,8-13,15H2,1-2H3,(H2,21,22,23);1H. The summed E-state index contributed by atoms with van der Waals surface area (Å²) >= 11 is 0. The van der Waals surface area contributed by atoms with Crippen molar-refractivity contribution in [3.05, 3.63) is 30.1 Å².